The summed E-state index contributed by atoms with van der Waals surface area (Å²) in [5, 5.41) is 8.77. The van der Waals surface area contributed by atoms with E-state index in [2.05, 4.69) is 0 Å². The molecule has 25 heavy (non-hydrogen) atoms. The molecule has 0 unspecified atom stereocenters. The average molecular weight is 367 g/mol. The average Bonchev–Trinajstić information content (AvgIpc) is 2.97. The summed E-state index contributed by atoms with van der Waals surface area (Å²) in [5.41, 5.74) is -2.23. The van der Waals surface area contributed by atoms with Gasteiger partial charge in [-0.15, -0.1) is 0 Å². The first-order valence-corrected chi connectivity index (χ1v) is 7.75. The van der Waals surface area contributed by atoms with Crippen LogP contribution in [0.1, 0.15) is 39.8 Å². The normalized spacial score (nSPS) is 12.9. The van der Waals surface area contributed by atoms with Crippen molar-refractivity contribution in [3.05, 3.63) is 60.6 Å². The van der Waals surface area contributed by atoms with E-state index in [9.17, 15) is 23.6 Å². The molecule has 0 saturated heterocycles. The van der Waals surface area contributed by atoms with Gasteiger partial charge in [0.05, 0.1) is 16.3 Å². The zero-order valence-corrected chi connectivity index (χ0v) is 13.8. The molecule has 0 saturated carbocycles. The van der Waals surface area contributed by atoms with E-state index in [0.29, 0.717) is 29.5 Å². The first-order valence-electron chi connectivity index (χ1n) is 7.37. The Morgan fingerprint density at radius 2 is 1.92 bits per heavy atom. The molecule has 9 heteroatoms. The number of benzene rings is 1. The van der Waals surface area contributed by atoms with Crippen molar-refractivity contribution in [2.45, 2.75) is 26.2 Å². The zero-order valence-electron chi connectivity index (χ0n) is 13.0. The lowest BCUT2D eigenvalue weighted by atomic mass is 10.1. The topological polar surface area (TPSA) is 98.4 Å². The van der Waals surface area contributed by atoms with Crippen LogP contribution in [-0.4, -0.2) is 26.1 Å². The highest BCUT2D eigenvalue weighted by Crippen LogP contribution is 2.23. The number of halogens is 2. The number of hydrogen-bond acceptors (Lipinski definition) is 4. The quantitative estimate of drug-likeness (QED) is 0.871. The first kappa shape index (κ1) is 17.1. The van der Waals surface area contributed by atoms with E-state index in [1.54, 1.807) is 0 Å². The highest BCUT2D eigenvalue weighted by molar-refractivity contribution is 6.33. The van der Waals surface area contributed by atoms with Gasteiger partial charge in [0.15, 0.2) is 0 Å². The second-order valence-corrected chi connectivity index (χ2v) is 6.05. The van der Waals surface area contributed by atoms with Gasteiger partial charge in [0.2, 0.25) is 5.91 Å². The molecule has 1 heterocycles. The number of nitrogens with zero attached hydrogens (tertiary/aromatic N) is 2. The molecule has 1 N–H and O–H groups in total. The van der Waals surface area contributed by atoms with E-state index in [1.165, 1.54) is 0 Å². The molecule has 3 rings (SSSR count). The molecule has 2 aromatic rings. The molecule has 1 aromatic carbocycles. The fourth-order valence-corrected chi connectivity index (χ4v) is 3.28. The summed E-state index contributed by atoms with van der Waals surface area (Å²) in [6, 6.07) is 1.53. The maximum atomic E-state index is 14.4. The minimum atomic E-state index is -1.44. The van der Waals surface area contributed by atoms with E-state index < -0.39 is 40.2 Å². The summed E-state index contributed by atoms with van der Waals surface area (Å²) < 4.78 is 15.7. The fraction of sp³-hybridized carbons (Fsp3) is 0.250. The third kappa shape index (κ3) is 2.58. The van der Waals surface area contributed by atoms with Gasteiger partial charge in [0.25, 0.3) is 5.56 Å². The molecule has 7 nitrogen and oxygen atoms in total. The molecule has 0 spiro atoms. The Kier molecular flexibility index (Phi) is 4.08. The van der Waals surface area contributed by atoms with Gasteiger partial charge in [-0.1, -0.05) is 11.6 Å². The van der Waals surface area contributed by atoms with Crippen LogP contribution < -0.4 is 11.2 Å². The largest absolute Gasteiger partial charge is 0.478 e. The van der Waals surface area contributed by atoms with Gasteiger partial charge >= 0.3 is 11.7 Å². The molecule has 1 aliphatic carbocycles. The number of rotatable bonds is 2. The van der Waals surface area contributed by atoms with E-state index in [4.69, 9.17) is 16.7 Å². The third-order valence-corrected chi connectivity index (χ3v) is 4.44. The third-order valence-electron chi connectivity index (χ3n) is 4.13. The molecular formula is C16H12ClFN2O5. The highest BCUT2D eigenvalue weighted by atomic mass is 35.5. The zero-order chi connectivity index (χ0) is 18.5. The van der Waals surface area contributed by atoms with Gasteiger partial charge in [-0.3, -0.25) is 9.59 Å². The van der Waals surface area contributed by atoms with Gasteiger partial charge < -0.3 is 5.11 Å². The summed E-state index contributed by atoms with van der Waals surface area (Å²) in [4.78, 5) is 48.4. The van der Waals surface area contributed by atoms with Crippen molar-refractivity contribution >= 4 is 23.5 Å². The van der Waals surface area contributed by atoms with Crippen LogP contribution in [0.15, 0.2) is 21.7 Å². The van der Waals surface area contributed by atoms with E-state index >= 15 is 0 Å². The van der Waals surface area contributed by atoms with E-state index in [1.807, 2.05) is 0 Å². The molecule has 0 atom stereocenters. The van der Waals surface area contributed by atoms with Crippen molar-refractivity contribution in [1.82, 2.24) is 9.13 Å². The number of aromatic nitrogens is 2. The van der Waals surface area contributed by atoms with Gasteiger partial charge in [0.1, 0.15) is 5.82 Å². The second kappa shape index (κ2) is 5.96. The Morgan fingerprint density at radius 3 is 2.52 bits per heavy atom. The Bertz CT molecular complexity index is 1050. The number of carboxylic acids is 1. The number of fused-ring (bicyclic) bond motifs is 1. The summed E-state index contributed by atoms with van der Waals surface area (Å²) in [7, 11) is 0. The van der Waals surface area contributed by atoms with Crippen LogP contribution in [-0.2, 0) is 12.8 Å². The summed E-state index contributed by atoms with van der Waals surface area (Å²) in [6.45, 7) is 1.16. The lowest BCUT2D eigenvalue weighted by Crippen LogP contribution is -2.43. The molecular weight excluding hydrogens is 355 g/mol. The second-order valence-electron chi connectivity index (χ2n) is 5.64. The molecule has 0 bridgehead atoms. The van der Waals surface area contributed by atoms with Crippen LogP contribution in [0.2, 0.25) is 5.02 Å². The molecule has 1 aromatic heterocycles. The standard InChI is InChI=1S/C16H12ClFN2O5/c1-7(21)19-12-4-2-3-8(12)14(22)20(16(19)25)13-5-9(15(23)24)10(17)6-11(13)18/h5-6H,2-4H2,1H3,(H,23,24). The minimum Gasteiger partial charge on any atom is -0.478 e. The van der Waals surface area contributed by atoms with Gasteiger partial charge in [-0.25, -0.2) is 23.1 Å². The van der Waals surface area contributed by atoms with Crippen LogP contribution in [0.5, 0.6) is 0 Å². The maximum Gasteiger partial charge on any atom is 0.342 e. The monoisotopic (exact) mass is 366 g/mol. The van der Waals surface area contributed by atoms with Crippen molar-refractivity contribution in [3.8, 4) is 5.69 Å². The van der Waals surface area contributed by atoms with Crippen LogP contribution in [0.3, 0.4) is 0 Å². The van der Waals surface area contributed by atoms with Crippen molar-refractivity contribution in [2.75, 3.05) is 0 Å². The summed E-state index contributed by atoms with van der Waals surface area (Å²) >= 11 is 5.69. The lowest BCUT2D eigenvalue weighted by molar-refractivity contribution is 0.0696. The SMILES string of the molecule is CC(=O)n1c2c(c(=O)n(-c3cc(C(=O)O)c(Cl)cc3F)c1=O)CCC2. The van der Waals surface area contributed by atoms with Crippen molar-refractivity contribution in [3.63, 3.8) is 0 Å². The Balaban J connectivity index is 2.45. The Hall–Kier alpha value is -2.74. The smallest absolute Gasteiger partial charge is 0.342 e. The predicted octanol–water partition coefficient (Wildman–Crippen LogP) is 1.64. The number of carboxylic acid groups (broad SMARTS) is 1. The minimum absolute atomic E-state index is 0.251. The highest BCUT2D eigenvalue weighted by Gasteiger charge is 2.27. The number of hydrogen-bond donors (Lipinski definition) is 1. The van der Waals surface area contributed by atoms with Crippen molar-refractivity contribution in [1.29, 1.82) is 0 Å². The van der Waals surface area contributed by atoms with Crippen LogP contribution in [0.4, 0.5) is 4.39 Å². The summed E-state index contributed by atoms with van der Waals surface area (Å²) in [5.74, 6) is -3.08. The van der Waals surface area contributed by atoms with Crippen LogP contribution >= 0.6 is 11.6 Å². The number of aromatic carboxylic acids is 1. The number of carbonyl (C=O) groups excluding carboxylic acids is 1. The molecule has 0 amide bonds. The maximum absolute atomic E-state index is 14.4. The molecule has 130 valence electrons. The predicted molar refractivity (Wildman–Crippen MR) is 86.6 cm³/mol. The van der Waals surface area contributed by atoms with Gasteiger partial charge in [0, 0.05) is 18.2 Å². The molecule has 0 fully saturated rings. The lowest BCUT2D eigenvalue weighted by Gasteiger charge is -2.14. The van der Waals surface area contributed by atoms with Gasteiger partial charge in [-0.2, -0.15) is 0 Å². The first-order chi connectivity index (χ1) is 11.7. The molecule has 0 aliphatic heterocycles. The fourth-order valence-electron chi connectivity index (χ4n) is 3.05. The van der Waals surface area contributed by atoms with Crippen LogP contribution in [0, 0.1) is 5.82 Å². The van der Waals surface area contributed by atoms with E-state index in [-0.39, 0.29) is 10.6 Å². The Morgan fingerprint density at radius 1 is 1.24 bits per heavy atom. The molecule has 1 aliphatic rings. The molecule has 0 radical (unpaired) electrons. The Labute approximate surface area is 144 Å². The van der Waals surface area contributed by atoms with Crippen molar-refractivity contribution in [2.24, 2.45) is 0 Å². The van der Waals surface area contributed by atoms with Crippen molar-refractivity contribution < 1.29 is 19.1 Å². The van der Waals surface area contributed by atoms with E-state index in [0.717, 1.165) is 23.6 Å². The van der Waals surface area contributed by atoms with Gasteiger partial charge in [-0.05, 0) is 31.4 Å². The summed E-state index contributed by atoms with van der Waals surface area (Å²) in [6.07, 6.45) is 1.33. The number of carbonyl (C=O) groups is 2. The van der Waals surface area contributed by atoms with Crippen LogP contribution in [0.25, 0.3) is 5.69 Å².